The van der Waals surface area contributed by atoms with Crippen molar-refractivity contribution in [1.29, 1.82) is 0 Å². The minimum absolute atomic E-state index is 0.366. The largest absolute Gasteiger partial charge is 0.467 e. The summed E-state index contributed by atoms with van der Waals surface area (Å²) in [7, 11) is 0. The van der Waals surface area contributed by atoms with Crippen LogP contribution in [0.2, 0.25) is 0 Å². The molecule has 1 aliphatic heterocycles. The van der Waals surface area contributed by atoms with Gasteiger partial charge in [0, 0.05) is 24.5 Å². The van der Waals surface area contributed by atoms with Gasteiger partial charge in [0.25, 0.3) is 0 Å². The molecule has 0 amide bonds. The highest BCUT2D eigenvalue weighted by Gasteiger charge is 2.26. The van der Waals surface area contributed by atoms with Crippen molar-refractivity contribution in [3.8, 4) is 0 Å². The first-order chi connectivity index (χ1) is 11.6. The number of hydrogen-bond acceptors (Lipinski definition) is 4. The van der Waals surface area contributed by atoms with Crippen molar-refractivity contribution in [3.05, 3.63) is 42.4 Å². The molecule has 2 aromatic heterocycles. The molecule has 0 aliphatic carbocycles. The monoisotopic (exact) mass is 331 g/mol. The summed E-state index contributed by atoms with van der Waals surface area (Å²) in [5.41, 5.74) is 0. The normalized spacial score (nSPS) is 21.1. The summed E-state index contributed by atoms with van der Waals surface area (Å²) in [6.07, 6.45) is 10.6. The number of nitrogens with zero attached hydrogens (tertiary/aromatic N) is 3. The van der Waals surface area contributed by atoms with E-state index in [2.05, 4.69) is 34.5 Å². The van der Waals surface area contributed by atoms with Crippen LogP contribution >= 0.6 is 0 Å². The van der Waals surface area contributed by atoms with E-state index in [1.807, 2.05) is 18.3 Å². The summed E-state index contributed by atoms with van der Waals surface area (Å²) < 4.78 is 7.62. The third-order valence-corrected chi connectivity index (χ3v) is 5.02. The first-order valence-corrected chi connectivity index (χ1v) is 9.12. The van der Waals surface area contributed by atoms with Gasteiger partial charge in [0.15, 0.2) is 0 Å². The molecule has 3 rings (SSSR count). The van der Waals surface area contributed by atoms with E-state index in [0.29, 0.717) is 17.8 Å². The van der Waals surface area contributed by atoms with Gasteiger partial charge in [-0.15, -0.1) is 0 Å². The molecular formula is C19H29N3O2. The molecule has 3 heterocycles. The minimum atomic E-state index is -0.532. The Labute approximate surface area is 144 Å². The summed E-state index contributed by atoms with van der Waals surface area (Å²) in [6, 6.07) is 4.48. The van der Waals surface area contributed by atoms with E-state index >= 15 is 0 Å². The SMILES string of the molecule is CC(C)n1ccnc1CN1CCCCCC1CC(O)c1ccco1. The lowest BCUT2D eigenvalue weighted by Gasteiger charge is -2.31. The first kappa shape index (κ1) is 17.2. The quantitative estimate of drug-likeness (QED) is 0.871. The lowest BCUT2D eigenvalue weighted by molar-refractivity contribution is 0.0812. The van der Waals surface area contributed by atoms with Crippen LogP contribution in [0.1, 0.15) is 69.7 Å². The summed E-state index contributed by atoms with van der Waals surface area (Å²) in [5.74, 6) is 1.78. The fourth-order valence-electron chi connectivity index (χ4n) is 3.68. The van der Waals surface area contributed by atoms with Gasteiger partial charge in [0.2, 0.25) is 0 Å². The molecule has 0 saturated carbocycles. The van der Waals surface area contributed by atoms with Gasteiger partial charge in [-0.05, 0) is 51.8 Å². The number of aliphatic hydroxyl groups excluding tert-OH is 1. The number of aromatic nitrogens is 2. The predicted octanol–water partition coefficient (Wildman–Crippen LogP) is 3.93. The Morgan fingerprint density at radius 1 is 1.33 bits per heavy atom. The van der Waals surface area contributed by atoms with Gasteiger partial charge in [-0.2, -0.15) is 0 Å². The van der Waals surface area contributed by atoms with Gasteiger partial charge in [0.1, 0.15) is 17.7 Å². The van der Waals surface area contributed by atoms with Gasteiger partial charge in [-0.3, -0.25) is 4.90 Å². The molecule has 1 N–H and O–H groups in total. The van der Waals surface area contributed by atoms with Crippen LogP contribution in [0.4, 0.5) is 0 Å². The lowest BCUT2D eigenvalue weighted by Crippen LogP contribution is -2.36. The van der Waals surface area contributed by atoms with E-state index in [-0.39, 0.29) is 0 Å². The minimum Gasteiger partial charge on any atom is -0.467 e. The molecule has 2 aromatic rings. The molecule has 1 fully saturated rings. The molecular weight excluding hydrogens is 302 g/mol. The molecule has 2 unspecified atom stereocenters. The van der Waals surface area contributed by atoms with Crippen LogP contribution in [0.15, 0.2) is 35.2 Å². The second-order valence-corrected chi connectivity index (χ2v) is 7.09. The predicted molar refractivity (Wildman–Crippen MR) is 93.6 cm³/mol. The highest BCUT2D eigenvalue weighted by atomic mass is 16.4. The molecule has 132 valence electrons. The zero-order valence-corrected chi connectivity index (χ0v) is 14.8. The van der Waals surface area contributed by atoms with Gasteiger partial charge in [-0.1, -0.05) is 12.8 Å². The average molecular weight is 331 g/mol. The summed E-state index contributed by atoms with van der Waals surface area (Å²) in [5, 5.41) is 10.5. The number of rotatable bonds is 6. The Bertz CT molecular complexity index is 606. The summed E-state index contributed by atoms with van der Waals surface area (Å²) in [6.45, 7) is 6.29. The van der Waals surface area contributed by atoms with E-state index < -0.39 is 6.10 Å². The van der Waals surface area contributed by atoms with Gasteiger partial charge in [-0.25, -0.2) is 4.98 Å². The lowest BCUT2D eigenvalue weighted by atomic mass is 10.0. The highest BCUT2D eigenvalue weighted by Crippen LogP contribution is 2.28. The third kappa shape index (κ3) is 4.08. The molecule has 1 saturated heterocycles. The number of furan rings is 1. The maximum Gasteiger partial charge on any atom is 0.132 e. The van der Waals surface area contributed by atoms with Crippen LogP contribution < -0.4 is 0 Å². The van der Waals surface area contributed by atoms with E-state index in [0.717, 1.165) is 31.8 Å². The molecule has 1 aliphatic rings. The number of aliphatic hydroxyl groups is 1. The van der Waals surface area contributed by atoms with Crippen molar-refractivity contribution in [3.63, 3.8) is 0 Å². The Morgan fingerprint density at radius 3 is 2.96 bits per heavy atom. The van der Waals surface area contributed by atoms with Gasteiger partial charge >= 0.3 is 0 Å². The molecule has 0 bridgehead atoms. The Morgan fingerprint density at radius 2 is 2.21 bits per heavy atom. The van der Waals surface area contributed by atoms with Crippen molar-refractivity contribution in [2.75, 3.05) is 6.54 Å². The highest BCUT2D eigenvalue weighted by molar-refractivity contribution is 5.03. The number of hydrogen-bond donors (Lipinski definition) is 1. The molecule has 5 nitrogen and oxygen atoms in total. The second-order valence-electron chi connectivity index (χ2n) is 7.09. The third-order valence-electron chi connectivity index (χ3n) is 5.02. The van der Waals surface area contributed by atoms with Gasteiger partial charge < -0.3 is 14.1 Å². The average Bonchev–Trinajstić information content (AvgIpc) is 3.19. The molecule has 0 spiro atoms. The fraction of sp³-hybridized carbons (Fsp3) is 0.632. The van der Waals surface area contributed by atoms with Crippen molar-refractivity contribution >= 4 is 0 Å². The maximum absolute atomic E-state index is 10.5. The van der Waals surface area contributed by atoms with Crippen LogP contribution in [-0.2, 0) is 6.54 Å². The Kier molecular flexibility index (Phi) is 5.74. The van der Waals surface area contributed by atoms with Crippen LogP contribution in [0, 0.1) is 0 Å². The van der Waals surface area contributed by atoms with E-state index in [1.54, 1.807) is 6.26 Å². The summed E-state index contributed by atoms with van der Waals surface area (Å²) >= 11 is 0. The first-order valence-electron chi connectivity index (χ1n) is 9.12. The smallest absolute Gasteiger partial charge is 0.132 e. The standard InChI is InChI=1S/C19H29N3O2/c1-15(2)22-11-9-20-19(22)14-21-10-5-3-4-7-16(21)13-17(23)18-8-6-12-24-18/h6,8-9,11-12,15-17,23H,3-5,7,10,13-14H2,1-2H3. The maximum atomic E-state index is 10.5. The van der Waals surface area contributed by atoms with Crippen LogP contribution in [0.25, 0.3) is 0 Å². The van der Waals surface area contributed by atoms with E-state index in [9.17, 15) is 5.11 Å². The topological polar surface area (TPSA) is 54.4 Å². The zero-order chi connectivity index (χ0) is 16.9. The Hall–Kier alpha value is -1.59. The molecule has 24 heavy (non-hydrogen) atoms. The zero-order valence-electron chi connectivity index (χ0n) is 14.8. The molecule has 0 radical (unpaired) electrons. The number of likely N-dealkylation sites (tertiary alicyclic amines) is 1. The molecule has 5 heteroatoms. The second kappa shape index (κ2) is 7.99. The van der Waals surface area contributed by atoms with Crippen LogP contribution in [0.5, 0.6) is 0 Å². The fourth-order valence-corrected chi connectivity index (χ4v) is 3.68. The van der Waals surface area contributed by atoms with Crippen molar-refractivity contribution in [2.45, 2.75) is 70.7 Å². The van der Waals surface area contributed by atoms with E-state index in [1.165, 1.54) is 19.3 Å². The van der Waals surface area contributed by atoms with Crippen LogP contribution in [-0.4, -0.2) is 32.1 Å². The van der Waals surface area contributed by atoms with Crippen molar-refractivity contribution < 1.29 is 9.52 Å². The molecule has 2 atom stereocenters. The summed E-state index contributed by atoms with van der Waals surface area (Å²) in [4.78, 5) is 7.07. The molecule has 0 aromatic carbocycles. The van der Waals surface area contributed by atoms with Crippen molar-refractivity contribution in [2.24, 2.45) is 0 Å². The van der Waals surface area contributed by atoms with Crippen LogP contribution in [0.3, 0.4) is 0 Å². The van der Waals surface area contributed by atoms with E-state index in [4.69, 9.17) is 4.42 Å². The Balaban J connectivity index is 1.71. The van der Waals surface area contributed by atoms with Crippen molar-refractivity contribution in [1.82, 2.24) is 14.5 Å². The number of imidazole rings is 1. The van der Waals surface area contributed by atoms with Gasteiger partial charge in [0.05, 0.1) is 12.8 Å².